The first-order valence-electron chi connectivity index (χ1n) is 4.63. The third kappa shape index (κ3) is 2.64. The summed E-state index contributed by atoms with van der Waals surface area (Å²) in [5, 5.41) is 4.39. The number of amides is 2. The molecule has 0 aliphatic heterocycles. The number of hydrogen-bond donors (Lipinski definition) is 2. The number of rotatable bonds is 3. The summed E-state index contributed by atoms with van der Waals surface area (Å²) in [6.45, 7) is 0. The number of carbonyl (C=O) groups is 2. The fraction of sp³-hybridized carbons (Fsp3) is 0. The molecule has 2 aromatic heterocycles. The van der Waals surface area contributed by atoms with Gasteiger partial charge in [0.1, 0.15) is 5.69 Å². The van der Waals surface area contributed by atoms with Gasteiger partial charge in [0.2, 0.25) is 0 Å². The van der Waals surface area contributed by atoms with Crippen molar-refractivity contribution < 1.29 is 9.59 Å². The lowest BCUT2D eigenvalue weighted by atomic mass is 10.2. The number of nitrogens with one attached hydrogen (secondary N) is 1. The van der Waals surface area contributed by atoms with Gasteiger partial charge in [-0.25, -0.2) is 4.98 Å². The monoisotopic (exact) mass is 248 g/mol. The Morgan fingerprint density at radius 2 is 2.00 bits per heavy atom. The maximum Gasteiger partial charge on any atom is 0.268 e. The van der Waals surface area contributed by atoms with Crippen LogP contribution in [0.5, 0.6) is 0 Å². The standard InChI is InChI=1S/C10H8N4O2S/c11-8(15)7-5-17-10(13-7)14-9(16)6-1-3-12-4-2-6/h1-5H,(H2,11,15)(H,13,14,16). The van der Waals surface area contributed by atoms with Gasteiger partial charge in [-0.1, -0.05) is 0 Å². The summed E-state index contributed by atoms with van der Waals surface area (Å²) in [6, 6.07) is 3.16. The van der Waals surface area contributed by atoms with Crippen molar-refractivity contribution in [2.24, 2.45) is 5.73 Å². The highest BCUT2D eigenvalue weighted by molar-refractivity contribution is 7.14. The van der Waals surface area contributed by atoms with E-state index in [0.717, 1.165) is 11.3 Å². The third-order valence-electron chi connectivity index (χ3n) is 1.92. The molecule has 0 aliphatic rings. The summed E-state index contributed by atoms with van der Waals surface area (Å²) >= 11 is 1.14. The predicted molar refractivity (Wildman–Crippen MR) is 62.8 cm³/mol. The maximum absolute atomic E-state index is 11.7. The Morgan fingerprint density at radius 3 is 2.59 bits per heavy atom. The molecular weight excluding hydrogens is 240 g/mol. The van der Waals surface area contributed by atoms with E-state index in [-0.39, 0.29) is 11.6 Å². The molecule has 0 aliphatic carbocycles. The molecule has 17 heavy (non-hydrogen) atoms. The Bertz CT molecular complexity index is 552. The molecule has 0 atom stereocenters. The fourth-order valence-electron chi connectivity index (χ4n) is 1.12. The van der Waals surface area contributed by atoms with E-state index in [1.807, 2.05) is 0 Å². The average Bonchev–Trinajstić information content (AvgIpc) is 2.79. The molecule has 0 bridgehead atoms. The van der Waals surface area contributed by atoms with E-state index in [2.05, 4.69) is 15.3 Å². The van der Waals surface area contributed by atoms with Crippen molar-refractivity contribution in [2.45, 2.75) is 0 Å². The minimum Gasteiger partial charge on any atom is -0.364 e. The zero-order valence-corrected chi connectivity index (χ0v) is 9.40. The number of nitrogens with two attached hydrogens (primary N) is 1. The molecule has 0 fully saturated rings. The van der Waals surface area contributed by atoms with Gasteiger partial charge in [-0.2, -0.15) is 0 Å². The number of nitrogens with zero attached hydrogens (tertiary/aromatic N) is 2. The van der Waals surface area contributed by atoms with Crippen LogP contribution in [0.25, 0.3) is 0 Å². The molecule has 2 amide bonds. The zero-order valence-electron chi connectivity index (χ0n) is 8.58. The molecule has 6 nitrogen and oxygen atoms in total. The summed E-state index contributed by atoms with van der Waals surface area (Å²) in [5.41, 5.74) is 5.66. The van der Waals surface area contributed by atoms with Crippen LogP contribution >= 0.6 is 11.3 Å². The molecule has 0 saturated heterocycles. The van der Waals surface area contributed by atoms with Gasteiger partial charge < -0.3 is 5.73 Å². The first-order valence-corrected chi connectivity index (χ1v) is 5.51. The van der Waals surface area contributed by atoms with Crippen LogP contribution in [0, 0.1) is 0 Å². The largest absolute Gasteiger partial charge is 0.364 e. The van der Waals surface area contributed by atoms with Gasteiger partial charge in [0.25, 0.3) is 11.8 Å². The molecule has 3 N–H and O–H groups in total. The maximum atomic E-state index is 11.7. The van der Waals surface area contributed by atoms with Crippen LogP contribution in [0.2, 0.25) is 0 Å². The lowest BCUT2D eigenvalue weighted by molar-refractivity contribution is 0.0992. The van der Waals surface area contributed by atoms with Crippen LogP contribution < -0.4 is 11.1 Å². The normalized spacial score (nSPS) is 9.88. The SMILES string of the molecule is NC(=O)c1csc(NC(=O)c2ccncc2)n1. The van der Waals surface area contributed by atoms with Gasteiger partial charge in [0.05, 0.1) is 0 Å². The van der Waals surface area contributed by atoms with Gasteiger partial charge in [0.15, 0.2) is 5.13 Å². The van der Waals surface area contributed by atoms with Gasteiger partial charge in [-0.3, -0.25) is 19.9 Å². The molecule has 0 spiro atoms. The van der Waals surface area contributed by atoms with Crippen LogP contribution in [-0.2, 0) is 0 Å². The summed E-state index contributed by atoms with van der Waals surface area (Å²) in [6.07, 6.45) is 3.04. The second-order valence-corrected chi connectivity index (χ2v) is 3.95. The lowest BCUT2D eigenvalue weighted by Gasteiger charge is -2.00. The smallest absolute Gasteiger partial charge is 0.268 e. The van der Waals surface area contributed by atoms with E-state index in [1.165, 1.54) is 17.8 Å². The van der Waals surface area contributed by atoms with Crippen LogP contribution in [0.3, 0.4) is 0 Å². The first kappa shape index (κ1) is 11.2. The van der Waals surface area contributed by atoms with E-state index in [0.29, 0.717) is 10.7 Å². The van der Waals surface area contributed by atoms with Crippen molar-refractivity contribution in [3.63, 3.8) is 0 Å². The highest BCUT2D eigenvalue weighted by Gasteiger charge is 2.10. The number of pyridine rings is 1. The molecule has 7 heteroatoms. The average molecular weight is 248 g/mol. The van der Waals surface area contributed by atoms with Crippen molar-refractivity contribution in [1.82, 2.24) is 9.97 Å². The van der Waals surface area contributed by atoms with Gasteiger partial charge in [0, 0.05) is 23.3 Å². The van der Waals surface area contributed by atoms with Gasteiger partial charge in [-0.15, -0.1) is 11.3 Å². The van der Waals surface area contributed by atoms with Gasteiger partial charge >= 0.3 is 0 Å². The molecule has 2 aromatic rings. The number of carbonyl (C=O) groups excluding carboxylic acids is 2. The molecule has 2 rings (SSSR count). The lowest BCUT2D eigenvalue weighted by Crippen LogP contribution is -2.14. The van der Waals surface area contributed by atoms with Crippen LogP contribution in [0.4, 0.5) is 5.13 Å². The quantitative estimate of drug-likeness (QED) is 0.842. The van der Waals surface area contributed by atoms with Crippen molar-refractivity contribution in [3.05, 3.63) is 41.2 Å². The van der Waals surface area contributed by atoms with Crippen molar-refractivity contribution >= 4 is 28.3 Å². The van der Waals surface area contributed by atoms with E-state index >= 15 is 0 Å². The van der Waals surface area contributed by atoms with Crippen LogP contribution in [-0.4, -0.2) is 21.8 Å². The molecule has 0 radical (unpaired) electrons. The Kier molecular flexibility index (Phi) is 3.10. The zero-order chi connectivity index (χ0) is 12.3. The highest BCUT2D eigenvalue weighted by Crippen LogP contribution is 2.15. The second kappa shape index (κ2) is 4.71. The predicted octanol–water partition coefficient (Wildman–Crippen LogP) is 0.889. The fourth-order valence-corrected chi connectivity index (χ4v) is 1.81. The number of aromatic nitrogens is 2. The molecule has 0 unspecified atom stereocenters. The summed E-state index contributed by atoms with van der Waals surface area (Å²) in [7, 11) is 0. The Morgan fingerprint density at radius 1 is 1.29 bits per heavy atom. The van der Waals surface area contributed by atoms with Crippen LogP contribution in [0.15, 0.2) is 29.9 Å². The van der Waals surface area contributed by atoms with Crippen molar-refractivity contribution in [1.29, 1.82) is 0 Å². The molecular formula is C10H8N4O2S. The Balaban J connectivity index is 2.11. The molecule has 0 saturated carbocycles. The Hall–Kier alpha value is -2.28. The number of primary amides is 1. The van der Waals surface area contributed by atoms with Crippen molar-refractivity contribution in [2.75, 3.05) is 5.32 Å². The molecule has 2 heterocycles. The van der Waals surface area contributed by atoms with E-state index in [4.69, 9.17) is 5.73 Å². The Labute approximate surface area is 101 Å². The number of hydrogen-bond acceptors (Lipinski definition) is 5. The number of thiazole rings is 1. The first-order chi connectivity index (χ1) is 8.16. The summed E-state index contributed by atoms with van der Waals surface area (Å²) in [5.74, 6) is -0.927. The van der Waals surface area contributed by atoms with E-state index < -0.39 is 5.91 Å². The highest BCUT2D eigenvalue weighted by atomic mass is 32.1. The van der Waals surface area contributed by atoms with Crippen LogP contribution in [0.1, 0.15) is 20.8 Å². The molecule has 86 valence electrons. The number of anilines is 1. The summed E-state index contributed by atoms with van der Waals surface area (Å²) < 4.78 is 0. The minimum atomic E-state index is -0.620. The van der Waals surface area contributed by atoms with E-state index in [1.54, 1.807) is 12.1 Å². The van der Waals surface area contributed by atoms with E-state index in [9.17, 15) is 9.59 Å². The second-order valence-electron chi connectivity index (χ2n) is 3.09. The summed E-state index contributed by atoms with van der Waals surface area (Å²) in [4.78, 5) is 30.2. The third-order valence-corrected chi connectivity index (χ3v) is 2.68. The molecule has 0 aromatic carbocycles. The van der Waals surface area contributed by atoms with Crippen molar-refractivity contribution in [3.8, 4) is 0 Å². The minimum absolute atomic E-state index is 0.139. The van der Waals surface area contributed by atoms with Gasteiger partial charge in [-0.05, 0) is 12.1 Å². The topological polar surface area (TPSA) is 98.0 Å².